The molecule has 0 atom stereocenters. The molecule has 0 aliphatic carbocycles. The highest BCUT2D eigenvalue weighted by atomic mass is 31.1. The van der Waals surface area contributed by atoms with Crippen molar-refractivity contribution in [2.75, 3.05) is 13.3 Å². The summed E-state index contributed by atoms with van der Waals surface area (Å²) in [5, 5.41) is 0. The van der Waals surface area contributed by atoms with Crippen LogP contribution in [-0.2, 0) is 0 Å². The van der Waals surface area contributed by atoms with Gasteiger partial charge in [-0.2, -0.15) is 0 Å². The second kappa shape index (κ2) is 1.68. The Labute approximate surface area is 27.5 Å². The maximum absolute atomic E-state index is 9.59. The molecule has 0 aromatic heterocycles. The molecule has 0 heterocycles. The third-order valence-corrected chi connectivity index (χ3v) is 0. The Kier molecular flexibility index (Phi) is 1.85. The van der Waals surface area contributed by atoms with Crippen LogP contribution < -0.4 is 4.89 Å². The second-order valence-corrected chi connectivity index (χ2v) is 2.44. The zero-order valence-corrected chi connectivity index (χ0v) is 3.75. The van der Waals surface area contributed by atoms with E-state index in [1.54, 1.807) is 13.3 Å². The van der Waals surface area contributed by atoms with Gasteiger partial charge in [0.25, 0.3) is 0 Å². The van der Waals surface area contributed by atoms with E-state index in [4.69, 9.17) is 0 Å². The molecule has 0 fully saturated rings. The lowest BCUT2D eigenvalue weighted by molar-refractivity contribution is -0.156. The van der Waals surface area contributed by atoms with Gasteiger partial charge in [-0.1, -0.05) is 13.3 Å². The van der Waals surface area contributed by atoms with E-state index in [2.05, 4.69) is 0 Å². The first-order chi connectivity index (χ1) is 1.73. The predicted molar refractivity (Wildman–Crippen MR) is 18.8 cm³/mol. The van der Waals surface area contributed by atoms with Gasteiger partial charge in [0.15, 0.2) is 0 Å². The van der Waals surface area contributed by atoms with Crippen LogP contribution in [0.25, 0.3) is 0 Å². The van der Waals surface area contributed by atoms with E-state index in [9.17, 15) is 4.89 Å². The SMILES string of the molecule is CP(C)[O-]. The zero-order chi connectivity index (χ0) is 3.58. The summed E-state index contributed by atoms with van der Waals surface area (Å²) in [7, 11) is -0.870. The van der Waals surface area contributed by atoms with Crippen LogP contribution in [0.15, 0.2) is 0 Å². The molecule has 0 aliphatic rings. The molecule has 0 aromatic rings. The van der Waals surface area contributed by atoms with E-state index >= 15 is 0 Å². The van der Waals surface area contributed by atoms with Gasteiger partial charge in [0, 0.05) is 0 Å². The summed E-state index contributed by atoms with van der Waals surface area (Å²) in [6.45, 7) is 3.35. The zero-order valence-electron chi connectivity index (χ0n) is 2.86. The molecule has 0 rings (SSSR count). The first-order valence-corrected chi connectivity index (χ1v) is 3.23. The Hall–Kier alpha value is 0.390. The summed E-state index contributed by atoms with van der Waals surface area (Å²) in [5.41, 5.74) is 0. The number of hydrogen-bond acceptors (Lipinski definition) is 1. The van der Waals surface area contributed by atoms with E-state index in [0.717, 1.165) is 0 Å². The van der Waals surface area contributed by atoms with Crippen molar-refractivity contribution in [3.05, 3.63) is 0 Å². The van der Waals surface area contributed by atoms with Crippen molar-refractivity contribution < 1.29 is 4.89 Å². The minimum Gasteiger partial charge on any atom is -0.830 e. The maximum atomic E-state index is 9.59. The summed E-state index contributed by atoms with van der Waals surface area (Å²) in [6, 6.07) is 0. The normalized spacial score (nSPS) is 9.00. The average Bonchev–Trinajstić information content (AvgIpc) is 0.811. The Morgan fingerprint density at radius 3 is 1.50 bits per heavy atom. The first-order valence-electron chi connectivity index (χ1n) is 1.08. The van der Waals surface area contributed by atoms with Crippen molar-refractivity contribution in [3.63, 3.8) is 0 Å². The van der Waals surface area contributed by atoms with Gasteiger partial charge >= 0.3 is 0 Å². The van der Waals surface area contributed by atoms with Crippen molar-refractivity contribution in [3.8, 4) is 0 Å². The van der Waals surface area contributed by atoms with Crippen molar-refractivity contribution in [2.24, 2.45) is 0 Å². The molecule has 0 bridgehead atoms. The fourth-order valence-electron chi connectivity index (χ4n) is 0. The standard InChI is InChI=1S/C2H6OP/c1-4(2)3/h1-2H3/q-1. The third-order valence-electron chi connectivity index (χ3n) is 0. The molecule has 0 saturated carbocycles. The van der Waals surface area contributed by atoms with Gasteiger partial charge in [-0.3, -0.25) is 0 Å². The van der Waals surface area contributed by atoms with Crippen LogP contribution in [0.1, 0.15) is 0 Å². The Balaban J connectivity index is 2.32. The Morgan fingerprint density at radius 2 is 1.50 bits per heavy atom. The average molecular weight is 77.0 g/mol. The molecule has 0 radical (unpaired) electrons. The molecule has 0 unspecified atom stereocenters. The number of rotatable bonds is 0. The van der Waals surface area contributed by atoms with Gasteiger partial charge < -0.3 is 4.89 Å². The molecular formula is C2H6OP-. The van der Waals surface area contributed by atoms with Crippen LogP contribution in [0.4, 0.5) is 0 Å². The highest BCUT2D eigenvalue weighted by Gasteiger charge is 1.50. The van der Waals surface area contributed by atoms with Crippen molar-refractivity contribution >= 4 is 8.15 Å². The van der Waals surface area contributed by atoms with Gasteiger partial charge in [0.2, 0.25) is 0 Å². The van der Waals surface area contributed by atoms with Gasteiger partial charge in [-0.05, 0) is 0 Å². The summed E-state index contributed by atoms with van der Waals surface area (Å²) in [4.78, 5) is 9.59. The molecule has 0 spiro atoms. The predicted octanol–water partition coefficient (Wildman–Crippen LogP) is 0.00320. The highest BCUT2D eigenvalue weighted by Crippen LogP contribution is 2.06. The molecule has 2 heteroatoms. The smallest absolute Gasteiger partial charge is 0.0591 e. The minimum absolute atomic E-state index is 0.870. The van der Waals surface area contributed by atoms with Crippen molar-refractivity contribution in [1.29, 1.82) is 0 Å². The second-order valence-electron chi connectivity index (χ2n) is 0.812. The van der Waals surface area contributed by atoms with Crippen LogP contribution in [0.5, 0.6) is 0 Å². The fraction of sp³-hybridized carbons (Fsp3) is 1.00. The highest BCUT2D eigenvalue weighted by molar-refractivity contribution is 7.48. The summed E-state index contributed by atoms with van der Waals surface area (Å²) >= 11 is 0. The van der Waals surface area contributed by atoms with Crippen LogP contribution in [0, 0.1) is 0 Å². The van der Waals surface area contributed by atoms with Gasteiger partial charge in [-0.25, -0.2) is 8.15 Å². The summed E-state index contributed by atoms with van der Waals surface area (Å²) in [6.07, 6.45) is 0. The lowest BCUT2D eigenvalue weighted by Crippen LogP contribution is -1.85. The van der Waals surface area contributed by atoms with Crippen LogP contribution in [0.2, 0.25) is 0 Å². The fourth-order valence-corrected chi connectivity index (χ4v) is 0. The monoisotopic (exact) mass is 77.0 g/mol. The minimum atomic E-state index is -0.870. The molecule has 0 aromatic carbocycles. The van der Waals surface area contributed by atoms with Gasteiger partial charge in [0.05, 0.1) is 0 Å². The molecular weight excluding hydrogens is 71.0 g/mol. The first kappa shape index (κ1) is 4.39. The molecule has 26 valence electrons. The lowest BCUT2D eigenvalue weighted by atomic mass is 11.9. The molecule has 1 nitrogen and oxygen atoms in total. The van der Waals surface area contributed by atoms with Gasteiger partial charge in [-0.15, -0.1) is 0 Å². The molecule has 4 heavy (non-hydrogen) atoms. The van der Waals surface area contributed by atoms with E-state index in [-0.39, 0.29) is 0 Å². The molecule has 0 saturated heterocycles. The van der Waals surface area contributed by atoms with E-state index < -0.39 is 8.15 Å². The quantitative estimate of drug-likeness (QED) is 0.373. The third kappa shape index (κ3) is 30.4. The number of hydrogen-bond donors (Lipinski definition) is 0. The Morgan fingerprint density at radius 1 is 1.50 bits per heavy atom. The van der Waals surface area contributed by atoms with E-state index in [1.807, 2.05) is 0 Å². The van der Waals surface area contributed by atoms with Crippen LogP contribution in [0.3, 0.4) is 0 Å². The molecule has 0 amide bonds. The molecule has 0 N–H and O–H groups in total. The van der Waals surface area contributed by atoms with E-state index in [0.29, 0.717) is 0 Å². The summed E-state index contributed by atoms with van der Waals surface area (Å²) in [5.74, 6) is 0. The largest absolute Gasteiger partial charge is 0.830 e. The van der Waals surface area contributed by atoms with Crippen molar-refractivity contribution in [2.45, 2.75) is 0 Å². The van der Waals surface area contributed by atoms with Crippen LogP contribution in [-0.4, -0.2) is 13.3 Å². The van der Waals surface area contributed by atoms with Gasteiger partial charge in [0.1, 0.15) is 0 Å². The summed E-state index contributed by atoms with van der Waals surface area (Å²) < 4.78 is 0. The maximum Gasteiger partial charge on any atom is -0.0591 e. The topological polar surface area (TPSA) is 23.1 Å². The van der Waals surface area contributed by atoms with Crippen LogP contribution >= 0.6 is 8.15 Å². The lowest BCUT2D eigenvalue weighted by Gasteiger charge is -2.04. The van der Waals surface area contributed by atoms with Crippen molar-refractivity contribution in [1.82, 2.24) is 0 Å². The van der Waals surface area contributed by atoms with E-state index in [1.165, 1.54) is 0 Å². The Bertz CT molecular complexity index is 10.8. The molecule has 0 aliphatic heterocycles.